The summed E-state index contributed by atoms with van der Waals surface area (Å²) >= 11 is 0. The smallest absolute Gasteiger partial charge is 0.141 e. The molecule has 0 atom stereocenters. The normalized spacial score (nSPS) is 9.80. The van der Waals surface area contributed by atoms with Crippen LogP contribution in [0.1, 0.15) is 5.56 Å². The Labute approximate surface area is 57.5 Å². The van der Waals surface area contributed by atoms with E-state index < -0.39 is 5.82 Å². The second-order valence-corrected chi connectivity index (χ2v) is 1.85. The second kappa shape index (κ2) is 3.24. The molecule has 0 aliphatic heterocycles. The molecule has 4 heteroatoms. The molecule has 3 nitrogen and oxygen atoms in total. The number of hydrogen-bond acceptors (Lipinski definition) is 3. The van der Waals surface area contributed by atoms with Crippen LogP contribution >= 0.6 is 0 Å². The van der Waals surface area contributed by atoms with Gasteiger partial charge in [-0.3, -0.25) is 4.98 Å². The Morgan fingerprint density at radius 1 is 1.60 bits per heavy atom. The van der Waals surface area contributed by atoms with Gasteiger partial charge in [0.1, 0.15) is 5.82 Å². The summed E-state index contributed by atoms with van der Waals surface area (Å²) in [5.41, 5.74) is 2.52. The first-order valence-corrected chi connectivity index (χ1v) is 2.79. The van der Waals surface area contributed by atoms with Crippen molar-refractivity contribution in [3.63, 3.8) is 0 Å². The Kier molecular flexibility index (Phi) is 2.30. The predicted molar refractivity (Wildman–Crippen MR) is 32.8 cm³/mol. The third kappa shape index (κ3) is 1.75. The van der Waals surface area contributed by atoms with Crippen LogP contribution in [-0.2, 0) is 6.54 Å². The molecule has 1 heterocycles. The summed E-state index contributed by atoms with van der Waals surface area (Å²) in [6.07, 6.45) is 2.59. The van der Waals surface area contributed by atoms with Crippen LogP contribution in [0.15, 0.2) is 18.5 Å². The maximum Gasteiger partial charge on any atom is 0.141 e. The van der Waals surface area contributed by atoms with Crippen LogP contribution in [0.3, 0.4) is 0 Å². The number of hydrogen-bond donors (Lipinski definition) is 2. The molecule has 0 radical (unpaired) electrons. The molecule has 0 fully saturated rings. The van der Waals surface area contributed by atoms with Gasteiger partial charge in [-0.05, 0) is 11.6 Å². The second-order valence-electron chi connectivity index (χ2n) is 1.85. The summed E-state index contributed by atoms with van der Waals surface area (Å²) in [6, 6.07) is 1.30. The molecule has 54 valence electrons. The molecular weight excluding hydrogens is 135 g/mol. The lowest BCUT2D eigenvalue weighted by molar-refractivity contribution is 0.161. The van der Waals surface area contributed by atoms with E-state index in [9.17, 15) is 4.39 Å². The third-order valence-corrected chi connectivity index (χ3v) is 1.04. The Bertz CT molecular complexity index is 217. The van der Waals surface area contributed by atoms with Crippen molar-refractivity contribution >= 4 is 0 Å². The summed E-state index contributed by atoms with van der Waals surface area (Å²) in [5.74, 6) is -0.396. The Morgan fingerprint density at radius 2 is 2.40 bits per heavy atom. The number of halogens is 1. The largest absolute Gasteiger partial charge is 0.316 e. The Balaban J connectivity index is 2.75. The molecule has 1 rings (SSSR count). The number of nitrogens with one attached hydrogen (secondary N) is 1. The summed E-state index contributed by atoms with van der Waals surface area (Å²) in [5, 5.41) is 8.21. The first-order valence-electron chi connectivity index (χ1n) is 2.79. The SMILES string of the molecule is ONCc1cncc(F)c1. The lowest BCUT2D eigenvalue weighted by Crippen LogP contribution is -2.06. The highest BCUT2D eigenvalue weighted by atomic mass is 19.1. The molecule has 1 aromatic heterocycles. The zero-order valence-corrected chi connectivity index (χ0v) is 5.21. The van der Waals surface area contributed by atoms with Crippen molar-refractivity contribution in [3.05, 3.63) is 29.8 Å². The highest BCUT2D eigenvalue weighted by Crippen LogP contribution is 1.98. The van der Waals surface area contributed by atoms with Gasteiger partial charge in [-0.2, -0.15) is 0 Å². The van der Waals surface area contributed by atoms with Gasteiger partial charge in [0.25, 0.3) is 0 Å². The number of aromatic nitrogens is 1. The fourth-order valence-electron chi connectivity index (χ4n) is 0.644. The van der Waals surface area contributed by atoms with Gasteiger partial charge in [-0.1, -0.05) is 0 Å². The highest BCUT2D eigenvalue weighted by molar-refractivity contribution is 5.09. The summed E-state index contributed by atoms with van der Waals surface area (Å²) in [7, 11) is 0. The van der Waals surface area contributed by atoms with E-state index in [4.69, 9.17) is 5.21 Å². The topological polar surface area (TPSA) is 45.1 Å². The maximum absolute atomic E-state index is 12.3. The van der Waals surface area contributed by atoms with E-state index in [1.165, 1.54) is 12.3 Å². The van der Waals surface area contributed by atoms with E-state index in [1.807, 2.05) is 5.48 Å². The molecule has 0 unspecified atom stereocenters. The number of hydroxylamine groups is 1. The standard InChI is InChI=1S/C6H7FN2O/c7-6-1-5(3-9-10)2-8-4-6/h1-2,4,9-10H,3H2. The van der Waals surface area contributed by atoms with E-state index in [-0.39, 0.29) is 6.54 Å². The first kappa shape index (κ1) is 7.11. The Hall–Kier alpha value is -1.00. The lowest BCUT2D eigenvalue weighted by atomic mass is 10.3. The van der Waals surface area contributed by atoms with Gasteiger partial charge in [0.05, 0.1) is 6.20 Å². The van der Waals surface area contributed by atoms with Crippen molar-refractivity contribution in [1.29, 1.82) is 0 Å². The highest BCUT2D eigenvalue weighted by Gasteiger charge is 1.92. The van der Waals surface area contributed by atoms with Crippen molar-refractivity contribution in [2.45, 2.75) is 6.54 Å². The molecule has 0 aliphatic rings. The van der Waals surface area contributed by atoms with Gasteiger partial charge < -0.3 is 5.21 Å². The summed E-state index contributed by atoms with van der Waals surface area (Å²) in [6.45, 7) is 0.213. The average molecular weight is 142 g/mol. The van der Waals surface area contributed by atoms with Crippen molar-refractivity contribution in [3.8, 4) is 0 Å². The van der Waals surface area contributed by atoms with Gasteiger partial charge in [-0.15, -0.1) is 0 Å². The minimum absolute atomic E-state index is 0.213. The van der Waals surface area contributed by atoms with Crippen LogP contribution < -0.4 is 5.48 Å². The number of rotatable bonds is 2. The molecule has 0 aliphatic carbocycles. The molecule has 1 aromatic rings. The van der Waals surface area contributed by atoms with Gasteiger partial charge >= 0.3 is 0 Å². The van der Waals surface area contributed by atoms with Gasteiger partial charge in [0, 0.05) is 12.7 Å². The molecule has 0 spiro atoms. The van der Waals surface area contributed by atoms with E-state index >= 15 is 0 Å². The van der Waals surface area contributed by atoms with Gasteiger partial charge in [0.15, 0.2) is 0 Å². The minimum Gasteiger partial charge on any atom is -0.316 e. The molecule has 2 N–H and O–H groups in total. The van der Waals surface area contributed by atoms with E-state index in [0.717, 1.165) is 6.20 Å². The van der Waals surface area contributed by atoms with Crippen molar-refractivity contribution in [2.24, 2.45) is 0 Å². The number of pyridine rings is 1. The van der Waals surface area contributed by atoms with Crippen LogP contribution in [0, 0.1) is 5.82 Å². The fourth-order valence-corrected chi connectivity index (χ4v) is 0.644. The monoisotopic (exact) mass is 142 g/mol. The van der Waals surface area contributed by atoms with E-state index in [2.05, 4.69) is 4.98 Å². The lowest BCUT2D eigenvalue weighted by Gasteiger charge is -1.96. The molecule has 0 saturated heterocycles. The Morgan fingerprint density at radius 3 is 3.00 bits per heavy atom. The average Bonchev–Trinajstić information content (AvgIpc) is 1.88. The predicted octanol–water partition coefficient (Wildman–Crippen LogP) is 0.700. The van der Waals surface area contributed by atoms with Crippen LogP contribution in [0.2, 0.25) is 0 Å². The van der Waals surface area contributed by atoms with Crippen LogP contribution in [0.25, 0.3) is 0 Å². The first-order chi connectivity index (χ1) is 4.83. The molecule has 0 amide bonds. The molecule has 0 bridgehead atoms. The molecule has 0 saturated carbocycles. The maximum atomic E-state index is 12.3. The number of nitrogens with zero attached hydrogens (tertiary/aromatic N) is 1. The van der Waals surface area contributed by atoms with Crippen LogP contribution in [0.4, 0.5) is 4.39 Å². The van der Waals surface area contributed by atoms with E-state index in [1.54, 1.807) is 0 Å². The summed E-state index contributed by atoms with van der Waals surface area (Å²) < 4.78 is 12.3. The molecular formula is C6H7FN2O. The van der Waals surface area contributed by atoms with E-state index in [0.29, 0.717) is 5.56 Å². The van der Waals surface area contributed by atoms with Crippen molar-refractivity contribution in [1.82, 2.24) is 10.5 Å². The minimum atomic E-state index is -0.396. The molecule has 10 heavy (non-hydrogen) atoms. The molecule has 0 aromatic carbocycles. The zero-order chi connectivity index (χ0) is 7.40. The van der Waals surface area contributed by atoms with Gasteiger partial charge in [-0.25, -0.2) is 9.87 Å². The quantitative estimate of drug-likeness (QED) is 0.597. The zero-order valence-electron chi connectivity index (χ0n) is 5.21. The van der Waals surface area contributed by atoms with Crippen molar-refractivity contribution in [2.75, 3.05) is 0 Å². The fraction of sp³-hybridized carbons (Fsp3) is 0.167. The third-order valence-electron chi connectivity index (χ3n) is 1.04. The van der Waals surface area contributed by atoms with Crippen LogP contribution in [-0.4, -0.2) is 10.2 Å². The van der Waals surface area contributed by atoms with Crippen molar-refractivity contribution < 1.29 is 9.60 Å². The van der Waals surface area contributed by atoms with Crippen LogP contribution in [0.5, 0.6) is 0 Å². The van der Waals surface area contributed by atoms with Gasteiger partial charge in [0.2, 0.25) is 0 Å². The summed E-state index contributed by atoms with van der Waals surface area (Å²) in [4.78, 5) is 3.58.